The highest BCUT2D eigenvalue weighted by Crippen LogP contribution is 2.31. The lowest BCUT2D eigenvalue weighted by molar-refractivity contribution is -0.118. The third kappa shape index (κ3) is 1.78. The Morgan fingerprint density at radius 3 is 2.74 bits per heavy atom. The number of imidazole rings is 1. The van der Waals surface area contributed by atoms with Crippen LogP contribution in [0.25, 0.3) is 11.3 Å². The zero-order chi connectivity index (χ0) is 13.6. The Hall–Kier alpha value is -2.30. The highest BCUT2D eigenvalue weighted by Gasteiger charge is 2.21. The summed E-state index contributed by atoms with van der Waals surface area (Å²) >= 11 is 0. The second kappa shape index (κ2) is 4.12. The fourth-order valence-corrected chi connectivity index (χ4v) is 2.51. The van der Waals surface area contributed by atoms with Crippen molar-refractivity contribution in [2.24, 2.45) is 7.05 Å². The molecule has 0 atom stereocenters. The molecule has 1 aliphatic heterocycles. The maximum absolute atomic E-state index is 11.7. The summed E-state index contributed by atoms with van der Waals surface area (Å²) < 4.78 is 1.86. The van der Waals surface area contributed by atoms with Crippen LogP contribution in [0.4, 0.5) is 11.6 Å². The first-order valence-corrected chi connectivity index (χ1v) is 6.25. The van der Waals surface area contributed by atoms with E-state index < -0.39 is 0 Å². The molecule has 3 rings (SSSR count). The average molecular weight is 256 g/mol. The molecule has 1 aromatic heterocycles. The summed E-state index contributed by atoms with van der Waals surface area (Å²) in [6, 6.07) is 6.12. The Morgan fingerprint density at radius 2 is 2.05 bits per heavy atom. The number of aromatic nitrogens is 2. The van der Waals surface area contributed by atoms with Crippen molar-refractivity contribution in [3.8, 4) is 11.3 Å². The van der Waals surface area contributed by atoms with Gasteiger partial charge in [-0.15, -0.1) is 0 Å². The van der Waals surface area contributed by atoms with E-state index in [1.807, 2.05) is 30.8 Å². The van der Waals surface area contributed by atoms with Gasteiger partial charge >= 0.3 is 0 Å². The van der Waals surface area contributed by atoms with E-state index in [9.17, 15) is 4.79 Å². The summed E-state index contributed by atoms with van der Waals surface area (Å²) in [5.41, 5.74) is 10.0. The predicted octanol–water partition coefficient (Wildman–Crippen LogP) is 1.58. The Morgan fingerprint density at radius 1 is 1.26 bits per heavy atom. The maximum atomic E-state index is 11.7. The third-order valence-electron chi connectivity index (χ3n) is 3.74. The van der Waals surface area contributed by atoms with Gasteiger partial charge in [-0.25, -0.2) is 4.98 Å². The van der Waals surface area contributed by atoms with E-state index in [1.165, 1.54) is 5.56 Å². The molecule has 0 saturated heterocycles. The Bertz CT molecular complexity index is 659. The summed E-state index contributed by atoms with van der Waals surface area (Å²) in [7, 11) is 3.72. The molecule has 1 aliphatic rings. The largest absolute Gasteiger partial charge is 0.369 e. The number of fused-ring (bicyclic) bond motifs is 1. The van der Waals surface area contributed by atoms with Crippen molar-refractivity contribution in [1.29, 1.82) is 0 Å². The van der Waals surface area contributed by atoms with Crippen molar-refractivity contribution in [1.82, 2.24) is 9.55 Å². The highest BCUT2D eigenvalue weighted by molar-refractivity contribution is 5.96. The smallest absolute Gasteiger partial charge is 0.227 e. The Kier molecular flexibility index (Phi) is 2.55. The van der Waals surface area contributed by atoms with Gasteiger partial charge in [0.25, 0.3) is 0 Å². The van der Waals surface area contributed by atoms with Crippen LogP contribution < -0.4 is 10.6 Å². The van der Waals surface area contributed by atoms with E-state index in [-0.39, 0.29) is 5.91 Å². The minimum atomic E-state index is 0.171. The van der Waals surface area contributed by atoms with E-state index >= 15 is 0 Å². The topological polar surface area (TPSA) is 64.2 Å². The number of carbonyl (C=O) groups is 1. The van der Waals surface area contributed by atoms with Crippen molar-refractivity contribution < 1.29 is 4.79 Å². The standard InChI is InChI=1S/C14H16N4O/c1-17-11-5-3-10(7-9(11)4-6-13(17)19)12-8-16-14(15)18(12)2/h3,5,7-8H,4,6H2,1-2H3,(H2,15,16). The van der Waals surface area contributed by atoms with Gasteiger partial charge in [-0.1, -0.05) is 6.07 Å². The highest BCUT2D eigenvalue weighted by atomic mass is 16.2. The van der Waals surface area contributed by atoms with Crippen LogP contribution in [0.1, 0.15) is 12.0 Å². The van der Waals surface area contributed by atoms with E-state index in [0.717, 1.165) is 23.4 Å². The van der Waals surface area contributed by atoms with Gasteiger partial charge in [0.2, 0.25) is 5.91 Å². The van der Waals surface area contributed by atoms with Gasteiger partial charge in [0.05, 0.1) is 11.9 Å². The molecule has 98 valence electrons. The van der Waals surface area contributed by atoms with Gasteiger partial charge < -0.3 is 15.2 Å². The second-order valence-electron chi connectivity index (χ2n) is 4.86. The molecule has 2 aromatic rings. The molecule has 0 saturated carbocycles. The van der Waals surface area contributed by atoms with Crippen LogP contribution in [-0.4, -0.2) is 22.5 Å². The minimum absolute atomic E-state index is 0.171. The fourth-order valence-electron chi connectivity index (χ4n) is 2.51. The number of aryl methyl sites for hydroxylation is 1. The molecule has 0 aliphatic carbocycles. The molecule has 2 heterocycles. The Balaban J connectivity index is 2.07. The number of nitrogen functional groups attached to an aromatic ring is 1. The summed E-state index contributed by atoms with van der Waals surface area (Å²) in [6.45, 7) is 0. The number of benzene rings is 1. The van der Waals surface area contributed by atoms with Gasteiger partial charge in [0.1, 0.15) is 0 Å². The molecule has 1 aromatic carbocycles. The number of hydrogen-bond acceptors (Lipinski definition) is 3. The van der Waals surface area contributed by atoms with E-state index in [0.29, 0.717) is 12.4 Å². The van der Waals surface area contributed by atoms with Gasteiger partial charge in [0, 0.05) is 31.8 Å². The molecular formula is C14H16N4O. The zero-order valence-corrected chi connectivity index (χ0v) is 11.1. The quantitative estimate of drug-likeness (QED) is 0.842. The molecule has 1 amide bonds. The first kappa shape index (κ1) is 11.8. The third-order valence-corrected chi connectivity index (χ3v) is 3.74. The molecule has 5 nitrogen and oxygen atoms in total. The summed E-state index contributed by atoms with van der Waals surface area (Å²) in [6.07, 6.45) is 3.13. The maximum Gasteiger partial charge on any atom is 0.227 e. The number of rotatable bonds is 1. The lowest BCUT2D eigenvalue weighted by Gasteiger charge is -2.26. The van der Waals surface area contributed by atoms with Gasteiger partial charge in [-0.3, -0.25) is 4.79 Å². The first-order chi connectivity index (χ1) is 9.08. The average Bonchev–Trinajstić information content (AvgIpc) is 2.74. The normalized spacial score (nSPS) is 14.6. The minimum Gasteiger partial charge on any atom is -0.369 e. The van der Waals surface area contributed by atoms with E-state index in [2.05, 4.69) is 11.1 Å². The van der Waals surface area contributed by atoms with Crippen molar-refractivity contribution in [2.75, 3.05) is 17.7 Å². The number of nitrogens with zero attached hydrogens (tertiary/aromatic N) is 3. The van der Waals surface area contributed by atoms with Crippen molar-refractivity contribution >= 4 is 17.5 Å². The second-order valence-corrected chi connectivity index (χ2v) is 4.86. The van der Waals surface area contributed by atoms with Gasteiger partial charge in [-0.2, -0.15) is 0 Å². The summed E-state index contributed by atoms with van der Waals surface area (Å²) in [5, 5.41) is 0. The van der Waals surface area contributed by atoms with E-state index in [4.69, 9.17) is 5.73 Å². The molecule has 0 fully saturated rings. The molecule has 19 heavy (non-hydrogen) atoms. The molecule has 0 radical (unpaired) electrons. The van der Waals surface area contributed by atoms with Gasteiger partial charge in [-0.05, 0) is 24.1 Å². The monoisotopic (exact) mass is 256 g/mol. The molecule has 0 unspecified atom stereocenters. The number of carbonyl (C=O) groups excluding carboxylic acids is 1. The van der Waals surface area contributed by atoms with Crippen LogP contribution in [-0.2, 0) is 18.3 Å². The van der Waals surface area contributed by atoms with Crippen LogP contribution in [0.5, 0.6) is 0 Å². The zero-order valence-electron chi connectivity index (χ0n) is 11.1. The van der Waals surface area contributed by atoms with Crippen molar-refractivity contribution in [3.05, 3.63) is 30.0 Å². The van der Waals surface area contributed by atoms with E-state index in [1.54, 1.807) is 11.1 Å². The number of anilines is 2. The molecule has 5 heteroatoms. The molecule has 2 N–H and O–H groups in total. The number of nitrogens with two attached hydrogens (primary N) is 1. The lowest BCUT2D eigenvalue weighted by atomic mass is 9.98. The van der Waals surface area contributed by atoms with Crippen LogP contribution in [0.15, 0.2) is 24.4 Å². The van der Waals surface area contributed by atoms with Crippen LogP contribution in [0.3, 0.4) is 0 Å². The SMILES string of the molecule is CN1C(=O)CCc2cc(-c3cnc(N)n3C)ccc21. The summed E-state index contributed by atoms with van der Waals surface area (Å²) in [4.78, 5) is 17.5. The number of amides is 1. The lowest BCUT2D eigenvalue weighted by Crippen LogP contribution is -2.31. The molecule has 0 spiro atoms. The number of hydrogen-bond donors (Lipinski definition) is 1. The van der Waals surface area contributed by atoms with Crippen LogP contribution in [0.2, 0.25) is 0 Å². The Labute approximate surface area is 111 Å². The van der Waals surface area contributed by atoms with Crippen LogP contribution in [0, 0.1) is 0 Å². The first-order valence-electron chi connectivity index (χ1n) is 6.25. The van der Waals surface area contributed by atoms with Crippen molar-refractivity contribution in [3.63, 3.8) is 0 Å². The summed E-state index contributed by atoms with van der Waals surface area (Å²) in [5.74, 6) is 0.671. The fraction of sp³-hybridized carbons (Fsp3) is 0.286. The van der Waals surface area contributed by atoms with Crippen LogP contribution >= 0.6 is 0 Å². The molecule has 0 bridgehead atoms. The van der Waals surface area contributed by atoms with Crippen molar-refractivity contribution in [2.45, 2.75) is 12.8 Å². The van der Waals surface area contributed by atoms with Gasteiger partial charge in [0.15, 0.2) is 5.95 Å². The molecular weight excluding hydrogens is 240 g/mol. The predicted molar refractivity (Wildman–Crippen MR) is 74.8 cm³/mol.